The largest absolute Gasteiger partial charge is 0.496 e. The third kappa shape index (κ3) is 2.83. The van der Waals surface area contributed by atoms with Crippen LogP contribution in [0.4, 0.5) is 0 Å². The van der Waals surface area contributed by atoms with Crippen molar-refractivity contribution < 1.29 is 14.6 Å². The van der Waals surface area contributed by atoms with Crippen LogP contribution in [0.5, 0.6) is 5.75 Å². The van der Waals surface area contributed by atoms with Crippen LogP contribution >= 0.6 is 0 Å². The lowest BCUT2D eigenvalue weighted by Crippen LogP contribution is -2.40. The van der Waals surface area contributed by atoms with Crippen LogP contribution < -0.4 is 4.74 Å². The molecule has 1 fully saturated rings. The molecule has 1 aromatic carbocycles. The van der Waals surface area contributed by atoms with Gasteiger partial charge in [0.2, 0.25) is 0 Å². The summed E-state index contributed by atoms with van der Waals surface area (Å²) in [5.74, 6) is 0.839. The minimum Gasteiger partial charge on any atom is -0.496 e. The second kappa shape index (κ2) is 6.18. The van der Waals surface area contributed by atoms with E-state index < -0.39 is 0 Å². The molecule has 1 atom stereocenters. The molecule has 100 valence electrons. The minimum atomic E-state index is -0.0104. The summed E-state index contributed by atoms with van der Waals surface area (Å²) in [6.07, 6.45) is 0. The maximum atomic E-state index is 9.70. The Labute approximate surface area is 108 Å². The third-order valence-corrected chi connectivity index (χ3v) is 3.40. The maximum absolute atomic E-state index is 9.70. The molecule has 0 amide bonds. The molecule has 4 heteroatoms. The van der Waals surface area contributed by atoms with Gasteiger partial charge in [0.15, 0.2) is 0 Å². The lowest BCUT2D eigenvalue weighted by molar-refractivity contribution is 0.00204. The van der Waals surface area contributed by atoms with Crippen molar-refractivity contribution in [2.24, 2.45) is 0 Å². The van der Waals surface area contributed by atoms with Crippen molar-refractivity contribution in [1.82, 2.24) is 4.90 Å². The third-order valence-electron chi connectivity index (χ3n) is 3.40. The van der Waals surface area contributed by atoms with Gasteiger partial charge in [0.05, 0.1) is 33.0 Å². The number of nitrogens with zero attached hydrogens (tertiary/aromatic N) is 1. The Hall–Kier alpha value is -1.10. The van der Waals surface area contributed by atoms with E-state index in [1.807, 2.05) is 12.1 Å². The van der Waals surface area contributed by atoms with Crippen LogP contribution in [-0.2, 0) is 4.74 Å². The van der Waals surface area contributed by atoms with E-state index in [1.165, 1.54) is 5.56 Å². The Morgan fingerprint density at radius 3 is 2.72 bits per heavy atom. The Bertz CT molecular complexity index is 389. The highest BCUT2D eigenvalue weighted by atomic mass is 16.5. The van der Waals surface area contributed by atoms with E-state index in [0.29, 0.717) is 0 Å². The van der Waals surface area contributed by atoms with Gasteiger partial charge in [0.25, 0.3) is 0 Å². The van der Waals surface area contributed by atoms with Gasteiger partial charge < -0.3 is 14.6 Å². The number of methoxy groups -OCH3 is 1. The molecule has 0 aromatic heterocycles. The highest BCUT2D eigenvalue weighted by molar-refractivity contribution is 5.39. The number of hydrogen-bond acceptors (Lipinski definition) is 4. The molecule has 4 nitrogen and oxygen atoms in total. The van der Waals surface area contributed by atoms with Crippen LogP contribution in [0.3, 0.4) is 0 Å². The van der Waals surface area contributed by atoms with Crippen molar-refractivity contribution in [2.75, 3.05) is 40.0 Å². The smallest absolute Gasteiger partial charge is 0.123 e. The van der Waals surface area contributed by atoms with Gasteiger partial charge in [-0.1, -0.05) is 17.7 Å². The molecular formula is C14H21NO3. The van der Waals surface area contributed by atoms with Crippen molar-refractivity contribution >= 4 is 0 Å². The standard InChI is InChI=1S/C14H21NO3/c1-11-3-4-14(17-2)12(9-11)13(10-16)15-5-7-18-8-6-15/h3-4,9,13,16H,5-8,10H2,1-2H3. The number of aliphatic hydroxyl groups excluding tert-OH is 1. The SMILES string of the molecule is COc1ccc(C)cc1C(CO)N1CCOCC1. The molecule has 18 heavy (non-hydrogen) atoms. The lowest BCUT2D eigenvalue weighted by Gasteiger charge is -2.34. The van der Waals surface area contributed by atoms with Gasteiger partial charge in [-0.25, -0.2) is 0 Å². The van der Waals surface area contributed by atoms with Crippen LogP contribution in [0.25, 0.3) is 0 Å². The van der Waals surface area contributed by atoms with Crippen LogP contribution in [0.2, 0.25) is 0 Å². The number of ether oxygens (including phenoxy) is 2. The fraction of sp³-hybridized carbons (Fsp3) is 0.571. The van der Waals surface area contributed by atoms with E-state index in [0.717, 1.165) is 37.6 Å². The van der Waals surface area contributed by atoms with Crippen molar-refractivity contribution in [3.63, 3.8) is 0 Å². The highest BCUT2D eigenvalue weighted by Gasteiger charge is 2.24. The molecule has 1 aromatic rings. The Morgan fingerprint density at radius 1 is 1.39 bits per heavy atom. The normalized spacial score (nSPS) is 18.6. The molecule has 0 saturated carbocycles. The van der Waals surface area contributed by atoms with Gasteiger partial charge in [0, 0.05) is 18.7 Å². The van der Waals surface area contributed by atoms with Gasteiger partial charge in [0.1, 0.15) is 5.75 Å². The second-order valence-electron chi connectivity index (χ2n) is 4.59. The number of hydrogen-bond donors (Lipinski definition) is 1. The zero-order valence-electron chi connectivity index (χ0n) is 11.1. The monoisotopic (exact) mass is 251 g/mol. The minimum absolute atomic E-state index is 0.0104. The maximum Gasteiger partial charge on any atom is 0.123 e. The Balaban J connectivity index is 2.27. The first-order valence-corrected chi connectivity index (χ1v) is 6.33. The van der Waals surface area contributed by atoms with Crippen LogP contribution in [-0.4, -0.2) is 50.0 Å². The van der Waals surface area contributed by atoms with Crippen molar-refractivity contribution in [3.05, 3.63) is 29.3 Å². The van der Waals surface area contributed by atoms with Crippen LogP contribution in [0, 0.1) is 6.92 Å². The number of rotatable bonds is 4. The van der Waals surface area contributed by atoms with E-state index in [2.05, 4.69) is 17.9 Å². The van der Waals surface area contributed by atoms with Crippen molar-refractivity contribution in [1.29, 1.82) is 0 Å². The molecule has 0 bridgehead atoms. The summed E-state index contributed by atoms with van der Waals surface area (Å²) >= 11 is 0. The zero-order valence-corrected chi connectivity index (χ0v) is 11.1. The predicted molar refractivity (Wildman–Crippen MR) is 69.9 cm³/mol. The summed E-state index contributed by atoms with van der Waals surface area (Å²) in [5.41, 5.74) is 2.24. The average molecular weight is 251 g/mol. The van der Waals surface area contributed by atoms with Gasteiger partial charge in [-0.2, -0.15) is 0 Å². The fourth-order valence-electron chi connectivity index (χ4n) is 2.41. The summed E-state index contributed by atoms with van der Waals surface area (Å²) in [6.45, 7) is 5.30. The van der Waals surface area contributed by atoms with Crippen molar-refractivity contribution in [3.8, 4) is 5.75 Å². The van der Waals surface area contributed by atoms with Crippen LogP contribution in [0.1, 0.15) is 17.2 Å². The quantitative estimate of drug-likeness (QED) is 0.877. The Kier molecular flexibility index (Phi) is 4.58. The summed E-state index contributed by atoms with van der Waals surface area (Å²) < 4.78 is 10.8. The molecule has 2 rings (SSSR count). The molecule has 1 aliphatic rings. The number of benzene rings is 1. The molecule has 0 spiro atoms. The van der Waals surface area contributed by atoms with Crippen molar-refractivity contribution in [2.45, 2.75) is 13.0 Å². The number of morpholine rings is 1. The van der Waals surface area contributed by atoms with Gasteiger partial charge in [-0.15, -0.1) is 0 Å². The number of aliphatic hydroxyl groups is 1. The molecule has 0 radical (unpaired) electrons. The zero-order chi connectivity index (χ0) is 13.0. The predicted octanol–water partition coefficient (Wildman–Crippen LogP) is 1.37. The molecule has 1 unspecified atom stereocenters. The number of aryl methyl sites for hydroxylation is 1. The van der Waals surface area contributed by atoms with E-state index in [-0.39, 0.29) is 12.6 Å². The van der Waals surface area contributed by atoms with E-state index in [1.54, 1.807) is 7.11 Å². The Morgan fingerprint density at radius 2 is 2.11 bits per heavy atom. The summed E-state index contributed by atoms with van der Waals surface area (Å²) in [6, 6.07) is 6.07. The highest BCUT2D eigenvalue weighted by Crippen LogP contribution is 2.30. The topological polar surface area (TPSA) is 41.9 Å². The van der Waals surface area contributed by atoms with Gasteiger partial charge in [-0.3, -0.25) is 4.90 Å². The lowest BCUT2D eigenvalue weighted by atomic mass is 10.0. The average Bonchev–Trinajstić information content (AvgIpc) is 2.41. The van der Waals surface area contributed by atoms with Crippen LogP contribution in [0.15, 0.2) is 18.2 Å². The first-order valence-electron chi connectivity index (χ1n) is 6.33. The van der Waals surface area contributed by atoms with E-state index in [4.69, 9.17) is 9.47 Å². The molecule has 1 heterocycles. The first-order chi connectivity index (χ1) is 8.76. The summed E-state index contributed by atoms with van der Waals surface area (Å²) in [4.78, 5) is 2.25. The molecular weight excluding hydrogens is 230 g/mol. The molecule has 0 aliphatic carbocycles. The second-order valence-corrected chi connectivity index (χ2v) is 4.59. The molecule has 1 saturated heterocycles. The fourth-order valence-corrected chi connectivity index (χ4v) is 2.41. The van der Waals surface area contributed by atoms with Gasteiger partial charge >= 0.3 is 0 Å². The van der Waals surface area contributed by atoms with E-state index in [9.17, 15) is 5.11 Å². The summed E-state index contributed by atoms with van der Waals surface area (Å²) in [5, 5.41) is 9.70. The van der Waals surface area contributed by atoms with E-state index >= 15 is 0 Å². The first kappa shape index (κ1) is 13.3. The molecule has 1 N–H and O–H groups in total. The van der Waals surface area contributed by atoms with Gasteiger partial charge in [-0.05, 0) is 13.0 Å². The summed E-state index contributed by atoms with van der Waals surface area (Å²) in [7, 11) is 1.67. The molecule has 1 aliphatic heterocycles.